The van der Waals surface area contributed by atoms with Crippen molar-refractivity contribution in [3.05, 3.63) is 40.1 Å². The van der Waals surface area contributed by atoms with Gasteiger partial charge in [-0.3, -0.25) is 20.0 Å². The van der Waals surface area contributed by atoms with Crippen molar-refractivity contribution in [2.45, 2.75) is 6.42 Å². The number of hydrogen-bond acceptors (Lipinski definition) is 4. The third-order valence-electron chi connectivity index (χ3n) is 2.39. The van der Waals surface area contributed by atoms with Crippen LogP contribution in [0.25, 0.3) is 17.0 Å². The Kier molecular flexibility index (Phi) is 3.05. The molecule has 0 fully saturated rings. The van der Waals surface area contributed by atoms with Gasteiger partial charge in [0, 0.05) is 17.9 Å². The Balaban J connectivity index is 2.43. The molecule has 1 aromatic heterocycles. The zero-order valence-electron chi connectivity index (χ0n) is 9.29. The highest BCUT2D eigenvalue weighted by Gasteiger charge is 2.15. The van der Waals surface area contributed by atoms with E-state index in [1.807, 2.05) is 0 Å². The predicted octanol–water partition coefficient (Wildman–Crippen LogP) is 1.36. The number of nitro groups is 1. The van der Waals surface area contributed by atoms with E-state index in [0.717, 1.165) is 0 Å². The summed E-state index contributed by atoms with van der Waals surface area (Å²) in [7, 11) is 0. The lowest BCUT2D eigenvalue weighted by molar-refractivity contribution is -0.383. The minimum Gasteiger partial charge on any atom is -0.369 e. The maximum atomic E-state index is 10.8. The van der Waals surface area contributed by atoms with E-state index in [1.54, 1.807) is 24.3 Å². The Morgan fingerprint density at radius 1 is 1.56 bits per heavy atom. The monoisotopic (exact) mass is 246 g/mol. The molecule has 3 N–H and O–H groups in total. The molecule has 7 nitrogen and oxygen atoms in total. The van der Waals surface area contributed by atoms with E-state index in [1.165, 1.54) is 6.07 Å². The number of carbonyl (C=O) groups is 1. The number of amides is 1. The molecule has 0 aliphatic heterocycles. The summed E-state index contributed by atoms with van der Waals surface area (Å²) < 4.78 is 0. The second-order valence-corrected chi connectivity index (χ2v) is 3.64. The van der Waals surface area contributed by atoms with Crippen LogP contribution < -0.4 is 5.73 Å². The molecule has 2 aromatic rings. The predicted molar refractivity (Wildman–Crippen MR) is 65.6 cm³/mol. The average Bonchev–Trinajstić information content (AvgIpc) is 2.72. The molecule has 92 valence electrons. The topological polar surface area (TPSA) is 115 Å². The van der Waals surface area contributed by atoms with Gasteiger partial charge >= 0.3 is 0 Å². The van der Waals surface area contributed by atoms with Gasteiger partial charge in [-0.05, 0) is 6.08 Å². The number of fused-ring (bicyclic) bond motifs is 1. The molecule has 0 bridgehead atoms. The number of hydrogen-bond donors (Lipinski definition) is 2. The molecule has 1 aromatic carbocycles. The number of aromatic nitrogens is 2. The summed E-state index contributed by atoms with van der Waals surface area (Å²) in [6.45, 7) is 0. The van der Waals surface area contributed by atoms with Crippen LogP contribution in [-0.2, 0) is 4.79 Å². The van der Waals surface area contributed by atoms with Crippen molar-refractivity contribution in [1.29, 1.82) is 0 Å². The number of non-ortho nitro benzene ring substituents is 1. The second kappa shape index (κ2) is 4.66. The van der Waals surface area contributed by atoms with Crippen LogP contribution in [-0.4, -0.2) is 21.0 Å². The molecule has 0 atom stereocenters. The molecular formula is C11H10N4O3. The van der Waals surface area contributed by atoms with E-state index in [2.05, 4.69) is 10.2 Å². The lowest BCUT2D eigenvalue weighted by Gasteiger charge is -1.92. The first-order chi connectivity index (χ1) is 8.59. The molecule has 0 unspecified atom stereocenters. The second-order valence-electron chi connectivity index (χ2n) is 3.64. The SMILES string of the molecule is NC(=O)CC=Cc1[nH]nc2c([N+](=O)[O-])cccc12. The number of carbonyl (C=O) groups excluding carboxylic acids is 1. The number of primary amides is 1. The first kappa shape index (κ1) is 11.8. The Hall–Kier alpha value is -2.70. The van der Waals surface area contributed by atoms with Crippen molar-refractivity contribution in [1.82, 2.24) is 10.2 Å². The molecule has 2 rings (SSSR count). The molecule has 0 saturated heterocycles. The molecule has 0 aliphatic rings. The van der Waals surface area contributed by atoms with Crippen LogP contribution in [0.3, 0.4) is 0 Å². The number of para-hydroxylation sites is 1. The molecule has 1 heterocycles. The van der Waals surface area contributed by atoms with E-state index in [9.17, 15) is 14.9 Å². The molecule has 0 aliphatic carbocycles. The van der Waals surface area contributed by atoms with Gasteiger partial charge in [-0.1, -0.05) is 18.2 Å². The molecule has 7 heteroatoms. The highest BCUT2D eigenvalue weighted by molar-refractivity contribution is 5.93. The Morgan fingerprint density at radius 3 is 3.00 bits per heavy atom. The highest BCUT2D eigenvalue weighted by atomic mass is 16.6. The lowest BCUT2D eigenvalue weighted by Crippen LogP contribution is -2.07. The largest absolute Gasteiger partial charge is 0.369 e. The number of aromatic amines is 1. The highest BCUT2D eigenvalue weighted by Crippen LogP contribution is 2.25. The van der Waals surface area contributed by atoms with E-state index in [4.69, 9.17) is 5.73 Å². The summed E-state index contributed by atoms with van der Waals surface area (Å²) in [5, 5.41) is 18.0. The summed E-state index contributed by atoms with van der Waals surface area (Å²) in [5.41, 5.74) is 5.85. The van der Waals surface area contributed by atoms with Gasteiger partial charge in [-0.25, -0.2) is 0 Å². The van der Waals surface area contributed by atoms with Crippen molar-refractivity contribution >= 4 is 28.6 Å². The molecule has 0 spiro atoms. The van der Waals surface area contributed by atoms with Gasteiger partial charge in [0.25, 0.3) is 5.69 Å². The molecule has 0 saturated carbocycles. The van der Waals surface area contributed by atoms with Crippen molar-refractivity contribution < 1.29 is 9.72 Å². The summed E-state index contributed by atoms with van der Waals surface area (Å²) in [6, 6.07) is 4.69. The van der Waals surface area contributed by atoms with E-state index >= 15 is 0 Å². The zero-order valence-corrected chi connectivity index (χ0v) is 9.29. The van der Waals surface area contributed by atoms with E-state index in [-0.39, 0.29) is 12.1 Å². The fourth-order valence-corrected chi connectivity index (χ4v) is 1.61. The zero-order chi connectivity index (χ0) is 13.1. The van der Waals surface area contributed by atoms with Gasteiger partial charge < -0.3 is 5.73 Å². The maximum absolute atomic E-state index is 10.8. The minimum atomic E-state index is -0.486. The molecule has 1 amide bonds. The van der Waals surface area contributed by atoms with Crippen LogP contribution in [0.5, 0.6) is 0 Å². The quantitative estimate of drug-likeness (QED) is 0.625. The van der Waals surface area contributed by atoms with Crippen LogP contribution in [0.15, 0.2) is 24.3 Å². The lowest BCUT2D eigenvalue weighted by atomic mass is 10.1. The van der Waals surface area contributed by atoms with Gasteiger partial charge in [-0.15, -0.1) is 0 Å². The van der Waals surface area contributed by atoms with Gasteiger partial charge in [0.1, 0.15) is 0 Å². The Morgan fingerprint density at radius 2 is 2.33 bits per heavy atom. The van der Waals surface area contributed by atoms with Gasteiger partial charge in [0.2, 0.25) is 5.91 Å². The number of benzene rings is 1. The normalized spacial score (nSPS) is 11.1. The Bertz CT molecular complexity index is 645. The van der Waals surface area contributed by atoms with Crippen molar-refractivity contribution in [3.63, 3.8) is 0 Å². The smallest absolute Gasteiger partial charge is 0.297 e. The average molecular weight is 246 g/mol. The molecule has 18 heavy (non-hydrogen) atoms. The summed E-state index contributed by atoms with van der Waals surface area (Å²) in [5.74, 6) is -0.443. The fraction of sp³-hybridized carbons (Fsp3) is 0.0909. The van der Waals surface area contributed by atoms with Gasteiger partial charge in [0.05, 0.1) is 10.6 Å². The number of rotatable bonds is 4. The molecule has 0 radical (unpaired) electrons. The van der Waals surface area contributed by atoms with Gasteiger partial charge in [-0.2, -0.15) is 5.10 Å². The number of nitrogens with zero attached hydrogens (tertiary/aromatic N) is 2. The maximum Gasteiger partial charge on any atom is 0.297 e. The van der Waals surface area contributed by atoms with Crippen LogP contribution in [0.1, 0.15) is 12.1 Å². The first-order valence-electron chi connectivity index (χ1n) is 5.16. The van der Waals surface area contributed by atoms with E-state index in [0.29, 0.717) is 16.6 Å². The number of nitrogens with one attached hydrogen (secondary N) is 1. The standard InChI is InChI=1S/C11H10N4O3/c12-10(16)6-2-4-8-7-3-1-5-9(15(17)18)11(7)14-13-8/h1-5H,6H2,(H2,12,16)(H,13,14). The van der Waals surface area contributed by atoms with E-state index < -0.39 is 10.8 Å². The van der Waals surface area contributed by atoms with Crippen LogP contribution in [0.4, 0.5) is 5.69 Å². The summed E-state index contributed by atoms with van der Waals surface area (Å²) in [6.07, 6.45) is 3.31. The summed E-state index contributed by atoms with van der Waals surface area (Å²) in [4.78, 5) is 20.9. The van der Waals surface area contributed by atoms with Crippen molar-refractivity contribution in [2.75, 3.05) is 0 Å². The van der Waals surface area contributed by atoms with Crippen LogP contribution in [0.2, 0.25) is 0 Å². The number of H-pyrrole nitrogens is 1. The third-order valence-corrected chi connectivity index (χ3v) is 2.39. The first-order valence-corrected chi connectivity index (χ1v) is 5.16. The van der Waals surface area contributed by atoms with Crippen molar-refractivity contribution in [2.24, 2.45) is 5.73 Å². The van der Waals surface area contributed by atoms with Crippen LogP contribution >= 0.6 is 0 Å². The summed E-state index contributed by atoms with van der Waals surface area (Å²) >= 11 is 0. The fourth-order valence-electron chi connectivity index (χ4n) is 1.61. The number of nitrogens with two attached hydrogens (primary N) is 1. The third kappa shape index (κ3) is 2.19. The number of nitro benzene ring substituents is 1. The van der Waals surface area contributed by atoms with Crippen molar-refractivity contribution in [3.8, 4) is 0 Å². The van der Waals surface area contributed by atoms with Crippen LogP contribution in [0, 0.1) is 10.1 Å². The Labute approximate surface area is 101 Å². The minimum absolute atomic E-state index is 0.0571. The molecular weight excluding hydrogens is 236 g/mol. The van der Waals surface area contributed by atoms with Gasteiger partial charge in [0.15, 0.2) is 5.52 Å².